The standard InChI is InChI=1S/C15H25NO/c1-7-17-15(4,5)14(16-6)13-9-8-11(2)12(3)10-13/h8-10,14,16H,7H2,1-6H3. The van der Waals surface area contributed by atoms with Gasteiger partial charge in [0.1, 0.15) is 0 Å². The van der Waals surface area contributed by atoms with Crippen LogP contribution in [0.2, 0.25) is 0 Å². The molecule has 1 atom stereocenters. The van der Waals surface area contributed by atoms with Gasteiger partial charge in [0.05, 0.1) is 11.6 Å². The summed E-state index contributed by atoms with van der Waals surface area (Å²) in [5.41, 5.74) is 3.74. The van der Waals surface area contributed by atoms with Crippen molar-refractivity contribution in [2.75, 3.05) is 13.7 Å². The maximum absolute atomic E-state index is 5.84. The average molecular weight is 235 g/mol. The highest BCUT2D eigenvalue weighted by atomic mass is 16.5. The molecule has 1 unspecified atom stereocenters. The van der Waals surface area contributed by atoms with Crippen LogP contribution < -0.4 is 5.32 Å². The van der Waals surface area contributed by atoms with Gasteiger partial charge in [0.2, 0.25) is 0 Å². The van der Waals surface area contributed by atoms with Gasteiger partial charge in [-0.05, 0) is 58.4 Å². The summed E-state index contributed by atoms with van der Waals surface area (Å²) >= 11 is 0. The Bertz CT molecular complexity index is 371. The van der Waals surface area contributed by atoms with Crippen molar-refractivity contribution >= 4 is 0 Å². The summed E-state index contributed by atoms with van der Waals surface area (Å²) in [7, 11) is 1.99. The SMILES string of the molecule is CCOC(C)(C)C(NC)c1ccc(C)c(C)c1. The van der Waals surface area contributed by atoms with Crippen LogP contribution in [0, 0.1) is 13.8 Å². The summed E-state index contributed by atoms with van der Waals surface area (Å²) in [6.45, 7) is 11.3. The molecule has 0 fully saturated rings. The molecule has 2 heteroatoms. The lowest BCUT2D eigenvalue weighted by Gasteiger charge is -2.34. The van der Waals surface area contributed by atoms with E-state index in [0.717, 1.165) is 6.61 Å². The van der Waals surface area contributed by atoms with E-state index in [1.165, 1.54) is 16.7 Å². The molecule has 0 amide bonds. The number of ether oxygens (including phenoxy) is 1. The van der Waals surface area contributed by atoms with Gasteiger partial charge in [0.25, 0.3) is 0 Å². The zero-order valence-electron chi connectivity index (χ0n) is 11.9. The molecule has 0 bridgehead atoms. The van der Waals surface area contributed by atoms with Crippen LogP contribution >= 0.6 is 0 Å². The van der Waals surface area contributed by atoms with Crippen LogP contribution in [-0.4, -0.2) is 19.3 Å². The van der Waals surface area contributed by atoms with E-state index in [-0.39, 0.29) is 11.6 Å². The van der Waals surface area contributed by atoms with E-state index in [1.54, 1.807) is 0 Å². The Morgan fingerprint density at radius 2 is 1.88 bits per heavy atom. The third kappa shape index (κ3) is 3.30. The quantitative estimate of drug-likeness (QED) is 0.844. The third-order valence-corrected chi connectivity index (χ3v) is 3.36. The summed E-state index contributed by atoms with van der Waals surface area (Å²) in [5.74, 6) is 0. The Hall–Kier alpha value is -0.860. The van der Waals surface area contributed by atoms with Crippen LogP contribution in [0.5, 0.6) is 0 Å². The fourth-order valence-electron chi connectivity index (χ4n) is 2.32. The molecule has 0 aliphatic carbocycles. The van der Waals surface area contributed by atoms with E-state index in [2.05, 4.69) is 51.2 Å². The van der Waals surface area contributed by atoms with Crippen LogP contribution in [0.25, 0.3) is 0 Å². The van der Waals surface area contributed by atoms with E-state index in [1.807, 2.05) is 14.0 Å². The number of aryl methyl sites for hydroxylation is 2. The highest BCUT2D eigenvalue weighted by Gasteiger charge is 2.30. The molecule has 0 saturated carbocycles. The lowest BCUT2D eigenvalue weighted by atomic mass is 9.90. The van der Waals surface area contributed by atoms with Crippen molar-refractivity contribution in [3.05, 3.63) is 34.9 Å². The predicted molar refractivity (Wildman–Crippen MR) is 73.4 cm³/mol. The second-order valence-electron chi connectivity index (χ2n) is 5.10. The van der Waals surface area contributed by atoms with Gasteiger partial charge in [0, 0.05) is 6.61 Å². The highest BCUT2D eigenvalue weighted by molar-refractivity contribution is 5.32. The monoisotopic (exact) mass is 235 g/mol. The zero-order chi connectivity index (χ0) is 13.1. The van der Waals surface area contributed by atoms with Gasteiger partial charge >= 0.3 is 0 Å². The highest BCUT2D eigenvalue weighted by Crippen LogP contribution is 2.29. The van der Waals surface area contributed by atoms with E-state index in [9.17, 15) is 0 Å². The Labute approximate surface area is 105 Å². The number of hydrogen-bond donors (Lipinski definition) is 1. The maximum atomic E-state index is 5.84. The van der Waals surface area contributed by atoms with E-state index in [0.29, 0.717) is 0 Å². The maximum Gasteiger partial charge on any atom is 0.0820 e. The second kappa shape index (κ2) is 5.65. The number of rotatable bonds is 5. The van der Waals surface area contributed by atoms with Gasteiger partial charge in [-0.3, -0.25) is 0 Å². The van der Waals surface area contributed by atoms with Crippen molar-refractivity contribution in [3.8, 4) is 0 Å². The summed E-state index contributed by atoms with van der Waals surface area (Å²) < 4.78 is 5.84. The van der Waals surface area contributed by atoms with Gasteiger partial charge in [-0.1, -0.05) is 18.2 Å². The molecule has 1 aromatic rings. The fourth-order valence-corrected chi connectivity index (χ4v) is 2.32. The largest absolute Gasteiger partial charge is 0.374 e. The molecule has 0 saturated heterocycles. The summed E-state index contributed by atoms with van der Waals surface area (Å²) in [4.78, 5) is 0. The van der Waals surface area contributed by atoms with Crippen LogP contribution in [0.15, 0.2) is 18.2 Å². The van der Waals surface area contributed by atoms with Crippen molar-refractivity contribution in [1.29, 1.82) is 0 Å². The van der Waals surface area contributed by atoms with Gasteiger partial charge in [0.15, 0.2) is 0 Å². The van der Waals surface area contributed by atoms with Crippen molar-refractivity contribution in [1.82, 2.24) is 5.32 Å². The first-order valence-electron chi connectivity index (χ1n) is 6.30. The topological polar surface area (TPSA) is 21.3 Å². The smallest absolute Gasteiger partial charge is 0.0820 e. The predicted octanol–water partition coefficient (Wildman–Crippen LogP) is 3.38. The molecule has 96 valence electrons. The molecule has 2 nitrogen and oxygen atoms in total. The molecular formula is C15H25NO. The minimum atomic E-state index is -0.203. The van der Waals surface area contributed by atoms with Gasteiger partial charge in [-0.25, -0.2) is 0 Å². The summed E-state index contributed by atoms with van der Waals surface area (Å²) in [6, 6.07) is 6.82. The van der Waals surface area contributed by atoms with E-state index in [4.69, 9.17) is 4.74 Å². The first-order chi connectivity index (χ1) is 7.92. The van der Waals surface area contributed by atoms with Crippen LogP contribution in [0.1, 0.15) is 43.5 Å². The van der Waals surface area contributed by atoms with Gasteiger partial charge < -0.3 is 10.1 Å². The Morgan fingerprint density at radius 3 is 2.35 bits per heavy atom. The molecule has 1 rings (SSSR count). The Balaban J connectivity index is 3.05. The van der Waals surface area contributed by atoms with Crippen molar-refractivity contribution in [2.24, 2.45) is 0 Å². The second-order valence-corrected chi connectivity index (χ2v) is 5.10. The molecule has 0 radical (unpaired) electrons. The summed E-state index contributed by atoms with van der Waals surface area (Å²) in [5, 5.41) is 3.37. The molecule has 1 N–H and O–H groups in total. The van der Waals surface area contributed by atoms with Crippen LogP contribution in [0.3, 0.4) is 0 Å². The molecule has 0 spiro atoms. The fraction of sp³-hybridized carbons (Fsp3) is 0.600. The lowest BCUT2D eigenvalue weighted by Crippen LogP contribution is -2.40. The molecule has 17 heavy (non-hydrogen) atoms. The molecule has 1 aromatic carbocycles. The van der Waals surface area contributed by atoms with E-state index < -0.39 is 0 Å². The average Bonchev–Trinajstić information content (AvgIpc) is 2.23. The van der Waals surface area contributed by atoms with Gasteiger partial charge in [-0.15, -0.1) is 0 Å². The Kier molecular flexibility index (Phi) is 4.72. The molecule has 0 aromatic heterocycles. The number of nitrogens with one attached hydrogen (secondary N) is 1. The third-order valence-electron chi connectivity index (χ3n) is 3.36. The minimum absolute atomic E-state index is 0.203. The molecule has 0 heterocycles. The van der Waals surface area contributed by atoms with Crippen molar-refractivity contribution in [2.45, 2.75) is 46.3 Å². The molecule has 0 aliphatic heterocycles. The van der Waals surface area contributed by atoms with E-state index >= 15 is 0 Å². The number of likely N-dealkylation sites (N-methyl/N-ethyl adjacent to an activating group) is 1. The first-order valence-corrected chi connectivity index (χ1v) is 6.30. The zero-order valence-corrected chi connectivity index (χ0v) is 11.9. The first kappa shape index (κ1) is 14.2. The van der Waals surface area contributed by atoms with Gasteiger partial charge in [-0.2, -0.15) is 0 Å². The van der Waals surface area contributed by atoms with Crippen molar-refractivity contribution < 1.29 is 4.74 Å². The number of hydrogen-bond acceptors (Lipinski definition) is 2. The lowest BCUT2D eigenvalue weighted by molar-refractivity contribution is -0.0374. The van der Waals surface area contributed by atoms with Crippen LogP contribution in [-0.2, 0) is 4.74 Å². The molecule has 0 aliphatic rings. The number of benzene rings is 1. The summed E-state index contributed by atoms with van der Waals surface area (Å²) in [6.07, 6.45) is 0. The molecular weight excluding hydrogens is 210 g/mol. The van der Waals surface area contributed by atoms with Crippen LogP contribution in [0.4, 0.5) is 0 Å². The normalized spacial score (nSPS) is 13.8. The van der Waals surface area contributed by atoms with Crippen molar-refractivity contribution in [3.63, 3.8) is 0 Å². The Morgan fingerprint density at radius 1 is 1.24 bits per heavy atom. The minimum Gasteiger partial charge on any atom is -0.374 e.